The summed E-state index contributed by atoms with van der Waals surface area (Å²) in [6.45, 7) is 9.95. The van der Waals surface area contributed by atoms with Gasteiger partial charge in [0, 0.05) is 64.1 Å². The zero-order valence-corrected chi connectivity index (χ0v) is 15.8. The number of nitrogens with two attached hydrogens (primary N) is 1. The highest BCUT2D eigenvalue weighted by Crippen LogP contribution is 2.28. The predicted molar refractivity (Wildman–Crippen MR) is 96.2 cm³/mol. The van der Waals surface area contributed by atoms with Crippen LogP contribution in [0.25, 0.3) is 0 Å². The molecule has 2 aliphatic heterocycles. The molecule has 0 aromatic carbocycles. The van der Waals surface area contributed by atoms with Crippen LogP contribution in [0, 0.1) is 0 Å². The first-order valence-corrected chi connectivity index (χ1v) is 9.40. The molecule has 0 bridgehead atoms. The number of amides is 1. The van der Waals surface area contributed by atoms with Crippen molar-refractivity contribution in [1.29, 1.82) is 0 Å². The van der Waals surface area contributed by atoms with Crippen molar-refractivity contribution in [2.24, 2.45) is 12.8 Å². The first-order valence-electron chi connectivity index (χ1n) is 9.40. The highest BCUT2D eigenvalue weighted by molar-refractivity contribution is 5.85. The Labute approximate surface area is 150 Å². The fourth-order valence-corrected chi connectivity index (χ4v) is 4.28. The molecule has 0 radical (unpaired) electrons. The number of aryl methyl sites for hydroxylation is 2. The summed E-state index contributed by atoms with van der Waals surface area (Å²) in [7, 11) is 2.04. The van der Waals surface area contributed by atoms with Crippen LogP contribution in [0.5, 0.6) is 0 Å². The molecular weight excluding hydrogens is 318 g/mol. The molecule has 0 aliphatic carbocycles. The second-order valence-electron chi connectivity index (χ2n) is 7.16. The number of rotatable bonds is 6. The van der Waals surface area contributed by atoms with Gasteiger partial charge < -0.3 is 10.5 Å². The lowest BCUT2D eigenvalue weighted by atomic mass is 9.94. The van der Waals surface area contributed by atoms with Gasteiger partial charge in [0.05, 0.1) is 12.3 Å². The van der Waals surface area contributed by atoms with Gasteiger partial charge in [-0.05, 0) is 12.8 Å². The zero-order chi connectivity index (χ0) is 18.0. The minimum absolute atomic E-state index is 0.243. The third-order valence-electron chi connectivity index (χ3n) is 5.85. The van der Waals surface area contributed by atoms with E-state index >= 15 is 0 Å². The molecular formula is C18H31N5O2. The van der Waals surface area contributed by atoms with Crippen LogP contribution in [0.2, 0.25) is 0 Å². The molecule has 0 spiro atoms. The molecule has 2 aliphatic rings. The first-order chi connectivity index (χ1) is 12.0. The lowest BCUT2D eigenvalue weighted by Gasteiger charge is -2.43. The number of hydrogen-bond acceptors (Lipinski definition) is 5. The maximum atomic E-state index is 12.0. The van der Waals surface area contributed by atoms with E-state index in [1.54, 1.807) is 0 Å². The Kier molecular flexibility index (Phi) is 5.46. The topological polar surface area (TPSA) is 76.6 Å². The van der Waals surface area contributed by atoms with Gasteiger partial charge in [0.15, 0.2) is 0 Å². The number of hydrogen-bond donors (Lipinski definition) is 1. The average molecular weight is 349 g/mol. The number of carbonyl (C=O) groups excluding carboxylic acids is 1. The molecule has 0 saturated carbocycles. The van der Waals surface area contributed by atoms with Crippen LogP contribution in [0.3, 0.4) is 0 Å². The molecule has 1 aromatic heterocycles. The van der Waals surface area contributed by atoms with E-state index in [9.17, 15) is 4.79 Å². The van der Waals surface area contributed by atoms with Crippen LogP contribution in [0.4, 0.5) is 0 Å². The van der Waals surface area contributed by atoms with Crippen molar-refractivity contribution in [2.45, 2.75) is 45.2 Å². The Bertz CT molecular complexity index is 613. The molecule has 1 atom stereocenters. The number of ether oxygens (including phenoxy) is 1. The van der Waals surface area contributed by atoms with Crippen molar-refractivity contribution in [1.82, 2.24) is 19.6 Å². The van der Waals surface area contributed by atoms with Gasteiger partial charge in [0.1, 0.15) is 5.54 Å². The van der Waals surface area contributed by atoms with Crippen LogP contribution >= 0.6 is 0 Å². The Balaban J connectivity index is 1.66. The van der Waals surface area contributed by atoms with Crippen molar-refractivity contribution in [2.75, 3.05) is 39.4 Å². The van der Waals surface area contributed by atoms with Crippen molar-refractivity contribution in [3.63, 3.8) is 0 Å². The molecule has 2 N–H and O–H groups in total. The minimum Gasteiger partial charge on any atom is -0.379 e. The molecule has 1 unspecified atom stereocenters. The number of primary amides is 1. The molecule has 3 rings (SSSR count). The number of nitrogens with zero attached hydrogens (tertiary/aromatic N) is 4. The van der Waals surface area contributed by atoms with Crippen molar-refractivity contribution in [3.05, 3.63) is 17.0 Å². The van der Waals surface area contributed by atoms with E-state index in [2.05, 4.69) is 28.7 Å². The molecule has 1 aromatic rings. The molecule has 1 amide bonds. The van der Waals surface area contributed by atoms with E-state index in [1.165, 1.54) is 17.0 Å². The van der Waals surface area contributed by atoms with E-state index in [0.717, 1.165) is 45.6 Å². The second-order valence-corrected chi connectivity index (χ2v) is 7.16. The first kappa shape index (κ1) is 18.4. The summed E-state index contributed by atoms with van der Waals surface area (Å²) in [5, 5.41) is 4.68. The molecule has 25 heavy (non-hydrogen) atoms. The molecule has 140 valence electrons. The van der Waals surface area contributed by atoms with Gasteiger partial charge >= 0.3 is 0 Å². The van der Waals surface area contributed by atoms with E-state index in [0.29, 0.717) is 19.6 Å². The highest BCUT2D eigenvalue weighted by Gasteiger charge is 2.46. The van der Waals surface area contributed by atoms with Gasteiger partial charge in [0.2, 0.25) is 5.91 Å². The molecule has 7 heteroatoms. The maximum Gasteiger partial charge on any atom is 0.240 e. The number of piperazine rings is 1. The maximum absolute atomic E-state index is 12.0. The lowest BCUT2D eigenvalue weighted by molar-refractivity contribution is -0.132. The molecule has 7 nitrogen and oxygen atoms in total. The fourth-order valence-electron chi connectivity index (χ4n) is 4.28. The second kappa shape index (κ2) is 7.43. The summed E-state index contributed by atoms with van der Waals surface area (Å²) < 4.78 is 7.52. The third-order valence-corrected chi connectivity index (χ3v) is 5.85. The van der Waals surface area contributed by atoms with Gasteiger partial charge in [-0.1, -0.05) is 13.8 Å². The number of carbonyl (C=O) groups is 1. The smallest absolute Gasteiger partial charge is 0.240 e. The summed E-state index contributed by atoms with van der Waals surface area (Å²) in [5.74, 6) is -0.243. The van der Waals surface area contributed by atoms with Crippen LogP contribution in [-0.2, 0) is 36.0 Å². The Morgan fingerprint density at radius 2 is 1.96 bits per heavy atom. The normalized spacial score (nSPS) is 25.6. The van der Waals surface area contributed by atoms with Gasteiger partial charge in [0.25, 0.3) is 0 Å². The molecule has 3 heterocycles. The van der Waals surface area contributed by atoms with Crippen LogP contribution < -0.4 is 5.73 Å². The number of aromatic nitrogens is 2. The van der Waals surface area contributed by atoms with E-state index in [4.69, 9.17) is 10.5 Å². The zero-order valence-electron chi connectivity index (χ0n) is 15.8. The highest BCUT2D eigenvalue weighted by atomic mass is 16.5. The van der Waals surface area contributed by atoms with Crippen LogP contribution in [0.1, 0.15) is 37.2 Å². The predicted octanol–water partition coefficient (Wildman–Crippen LogP) is 0.307. The van der Waals surface area contributed by atoms with Crippen LogP contribution in [0.15, 0.2) is 0 Å². The van der Waals surface area contributed by atoms with Crippen molar-refractivity contribution >= 4 is 5.91 Å². The Morgan fingerprint density at radius 1 is 1.24 bits per heavy atom. The van der Waals surface area contributed by atoms with E-state index < -0.39 is 5.54 Å². The molecule has 2 saturated heterocycles. The minimum atomic E-state index is -0.594. The summed E-state index contributed by atoms with van der Waals surface area (Å²) in [6, 6.07) is 0. The van der Waals surface area contributed by atoms with Gasteiger partial charge in [-0.3, -0.25) is 19.3 Å². The monoisotopic (exact) mass is 349 g/mol. The summed E-state index contributed by atoms with van der Waals surface area (Å²) in [4.78, 5) is 16.7. The summed E-state index contributed by atoms with van der Waals surface area (Å²) in [5.41, 5.74) is 9.04. The largest absolute Gasteiger partial charge is 0.379 e. The van der Waals surface area contributed by atoms with E-state index in [-0.39, 0.29) is 5.91 Å². The van der Waals surface area contributed by atoms with E-state index in [1.807, 2.05) is 11.7 Å². The van der Waals surface area contributed by atoms with Gasteiger partial charge in [-0.2, -0.15) is 5.10 Å². The quantitative estimate of drug-likeness (QED) is 0.800. The Hall–Kier alpha value is -1.44. The molecule has 2 fully saturated rings. The Morgan fingerprint density at radius 3 is 2.48 bits per heavy atom. The average Bonchev–Trinajstić information content (AvgIpc) is 3.21. The van der Waals surface area contributed by atoms with Crippen molar-refractivity contribution in [3.8, 4) is 0 Å². The van der Waals surface area contributed by atoms with Crippen LogP contribution in [-0.4, -0.2) is 70.4 Å². The summed E-state index contributed by atoms with van der Waals surface area (Å²) >= 11 is 0. The van der Waals surface area contributed by atoms with Gasteiger partial charge in [-0.25, -0.2) is 0 Å². The lowest BCUT2D eigenvalue weighted by Crippen LogP contribution is -2.63. The van der Waals surface area contributed by atoms with Crippen molar-refractivity contribution < 1.29 is 9.53 Å². The SMILES string of the molecule is CCc1nn(C)c(CC)c1CN1CCN(C2(C(N)=O)CCOC2)CC1. The summed E-state index contributed by atoms with van der Waals surface area (Å²) in [6.07, 6.45) is 2.68. The van der Waals surface area contributed by atoms with Gasteiger partial charge in [-0.15, -0.1) is 0 Å². The fraction of sp³-hybridized carbons (Fsp3) is 0.778. The third kappa shape index (κ3) is 3.32. The standard InChI is InChI=1S/C18H31N5O2/c1-4-15-14(16(5-2)21(3)20-15)12-22-7-9-23(10-8-22)18(17(19)24)6-11-25-13-18/h4-13H2,1-3H3,(H2,19,24).